The van der Waals surface area contributed by atoms with Gasteiger partial charge in [-0.05, 0) is 83.7 Å². The third-order valence-electron chi connectivity index (χ3n) is 24.4. The molecule has 1 unspecified atom stereocenters. The Labute approximate surface area is 820 Å². The van der Waals surface area contributed by atoms with Gasteiger partial charge in [-0.25, -0.2) is 15.2 Å². The quantitative estimate of drug-likeness (QED) is 0.00592. The molecule has 47 heteroatoms. The summed E-state index contributed by atoms with van der Waals surface area (Å²) in [7, 11) is 0. The number of aliphatic hydroxyl groups is 1. The van der Waals surface area contributed by atoms with Crippen LogP contribution < -0.4 is 86.5 Å². The average Bonchev–Trinajstić information content (AvgIpc) is 1.76. The summed E-state index contributed by atoms with van der Waals surface area (Å²) >= 11 is 0. The van der Waals surface area contributed by atoms with Crippen LogP contribution in [0.15, 0.2) is 171 Å². The number of nitrogens with zero attached hydrogens (tertiary/aromatic N) is 6. The number of amides is 13. The van der Waals surface area contributed by atoms with E-state index in [0.29, 0.717) is 67.0 Å². The van der Waals surface area contributed by atoms with Crippen molar-refractivity contribution in [1.82, 2.24) is 114 Å². The SMILES string of the molecule is N=C(N)NCCC[C@H](NC(=O)C(Cc1cccc2ccccc12)NC(=O)CNC(=O)CN1CCN(CC(=O)O)CCN(CC(=O)O)CCN(CC(=O)O)CC1)C(=O)N[C@@H](Cc1c[nH]c2ccccc12)C(=O)N[C@@H](CO)C(=O)N[C@@H](Cc1cnc[nH]1)C(=O)N[C@H](CCCNC(=N)N)C(=O)N[C@@H](Cc1c[nH]c2ccccc12)C(=O)N[C@@H](Cc1ccc(C(=O)c2ccccc2)cc1)C(=O)N1CCC[C@H]1C(=O)NNC(N)=O. The first-order valence-corrected chi connectivity index (χ1v) is 46.6. The number of carbonyl (C=O) groups is 16. The normalized spacial score (nSPS) is 15.6. The lowest BCUT2D eigenvalue weighted by molar-refractivity contribution is -0.142. The van der Waals surface area contributed by atoms with E-state index in [4.69, 9.17) is 28.0 Å². The average molecular weight is 1970 g/mol. The van der Waals surface area contributed by atoms with Gasteiger partial charge in [-0.15, -0.1) is 0 Å². The number of hydrazine groups is 1. The minimum absolute atomic E-state index is 0.00150. The highest BCUT2D eigenvalue weighted by Gasteiger charge is 2.41. The molecule has 2 aliphatic rings. The van der Waals surface area contributed by atoms with E-state index in [1.807, 2.05) is 17.6 Å². The third-order valence-corrected chi connectivity index (χ3v) is 24.4. The van der Waals surface area contributed by atoms with Crippen LogP contribution in [0.3, 0.4) is 0 Å². The predicted molar refractivity (Wildman–Crippen MR) is 522 cm³/mol. The fraction of sp³-hybridized carbons (Fsp3) is 0.385. The minimum atomic E-state index is -1.96. The van der Waals surface area contributed by atoms with Crippen molar-refractivity contribution in [2.24, 2.45) is 17.2 Å². The monoisotopic (exact) mass is 1970 g/mol. The molecule has 9 aromatic rings. The Morgan fingerprint density at radius 2 is 0.839 bits per heavy atom. The zero-order valence-electron chi connectivity index (χ0n) is 78.4. The molecule has 5 heterocycles. The molecule has 6 aromatic carbocycles. The number of guanidine groups is 2. The van der Waals surface area contributed by atoms with E-state index in [0.717, 1.165) is 5.39 Å². The number of para-hydroxylation sites is 2. The molecular formula is C96H121N27O20. The number of aliphatic hydroxyl groups excluding tert-OH is 1. The van der Waals surface area contributed by atoms with E-state index in [1.165, 1.54) is 17.4 Å². The van der Waals surface area contributed by atoms with Gasteiger partial charge in [-0.2, -0.15) is 0 Å². The van der Waals surface area contributed by atoms with Crippen LogP contribution in [0.1, 0.15) is 82.4 Å². The number of likely N-dealkylation sites (tertiary alicyclic amines) is 1. The van der Waals surface area contributed by atoms with Crippen molar-refractivity contribution >= 4 is 139 Å². The molecule has 2 aliphatic heterocycles. The smallest absolute Gasteiger partial charge is 0.330 e. The summed E-state index contributed by atoms with van der Waals surface area (Å²) in [5.41, 5.74) is 25.0. The van der Waals surface area contributed by atoms with Crippen LogP contribution in [0.25, 0.3) is 32.6 Å². The van der Waals surface area contributed by atoms with Crippen LogP contribution in [0.5, 0.6) is 0 Å². The van der Waals surface area contributed by atoms with Crippen molar-refractivity contribution in [3.8, 4) is 0 Å². The Morgan fingerprint density at radius 1 is 0.413 bits per heavy atom. The Kier molecular flexibility index (Phi) is 39.9. The molecule has 2 saturated heterocycles. The highest BCUT2D eigenvalue weighted by molar-refractivity contribution is 6.09. The number of carboxylic acids is 3. The first-order valence-electron chi connectivity index (χ1n) is 46.6. The van der Waals surface area contributed by atoms with E-state index in [9.17, 15) is 58.8 Å². The van der Waals surface area contributed by atoms with Gasteiger partial charge in [0.15, 0.2) is 17.7 Å². The molecule has 0 bridgehead atoms. The Hall–Kier alpha value is -16.3. The Balaban J connectivity index is 0.837. The van der Waals surface area contributed by atoms with Crippen LogP contribution in [-0.2, 0) is 99.2 Å². The van der Waals surface area contributed by atoms with Crippen LogP contribution in [-0.4, -0.2) is 337 Å². The number of H-pyrrole nitrogens is 3. The van der Waals surface area contributed by atoms with Crippen LogP contribution >= 0.6 is 0 Å². The number of ketones is 1. The number of primary amides is 1. The number of urea groups is 1. The molecule has 47 nitrogen and oxygen atoms in total. The van der Waals surface area contributed by atoms with Gasteiger partial charge in [0.05, 0.1) is 45.7 Å². The second-order valence-corrected chi connectivity index (χ2v) is 34.8. The number of carbonyl (C=O) groups excluding carboxylic acids is 13. The molecule has 9 atom stereocenters. The number of hydrogen-bond donors (Lipinski definition) is 25. The van der Waals surface area contributed by atoms with Crippen LogP contribution in [0, 0.1) is 10.8 Å². The van der Waals surface area contributed by atoms with Crippen molar-refractivity contribution in [1.29, 1.82) is 10.8 Å². The van der Waals surface area contributed by atoms with Gasteiger partial charge < -0.3 is 116 Å². The maximum absolute atomic E-state index is 15.5. The molecule has 11 rings (SSSR count). The number of aromatic nitrogens is 4. The molecule has 0 spiro atoms. The van der Waals surface area contributed by atoms with E-state index < -0.39 is 188 Å². The summed E-state index contributed by atoms with van der Waals surface area (Å²) in [4.78, 5) is 247. The fourth-order valence-electron chi connectivity index (χ4n) is 17.0. The fourth-order valence-corrected chi connectivity index (χ4v) is 17.0. The number of nitrogens with two attached hydrogens (primary N) is 3. The van der Waals surface area contributed by atoms with Crippen molar-refractivity contribution in [2.45, 2.75) is 125 Å². The second kappa shape index (κ2) is 53.2. The van der Waals surface area contributed by atoms with Crippen molar-refractivity contribution in [3.05, 3.63) is 210 Å². The standard InChI is InChI=1S/C96H121N27O20/c97-94(98)103-31-11-24-70(110-87(136)72(43-61-18-10-17-58-14-4-5-19-65(58)61)109-79(125)50-107-80(126)51-119-34-36-120(52-81(127)128)38-40-122(54-83(131)132)41-39-121(37-35-119)53-82(129)130)85(134)113-74(45-63-48-106-69-23-9-7-21-67(63)69)89(138)116-77(55-124)91(140)114-75(46-64-49-102-56-108-64)90(139)111-71(25-12-32-104-95(99)100)86(135)112-73(44-62-47-105-68-22-8-6-20-66(62)68)88(137)115-76(93(142)123-33-13-26-78(123)92(141)117-118-96(101)143)42-57-27-29-60(30-28-57)84(133)59-15-2-1-3-16-59/h1-10,14-23,27-30,47-49,56,70-78,105-106,124H,11-13,24-26,31-46,50-55H2,(H,102,108)(H,107,126)(H,109,125)(H,110,136)(H,111,139)(H,112,135)(H,113,134)(H,114,140)(H,115,137)(H,116,138)(H,117,141)(H,127,128)(H,129,130)(H,131,132)(H4,97,98,103)(H4,99,100,104)(H3,101,118,143)/t70-,71+,72?,73-,74-,75-,76-,77-,78-/m0/s1. The number of carboxylic acid groups (broad SMARTS) is 3. The molecule has 3 aromatic heterocycles. The number of fused-ring (bicyclic) bond motifs is 3. The van der Waals surface area contributed by atoms with Crippen LogP contribution in [0.4, 0.5) is 4.79 Å². The number of imidazole rings is 1. The maximum Gasteiger partial charge on any atom is 0.330 e. The molecule has 0 saturated carbocycles. The number of rotatable bonds is 48. The van der Waals surface area contributed by atoms with Crippen molar-refractivity contribution < 1.29 is 97.1 Å². The lowest BCUT2D eigenvalue weighted by atomic mass is 9.97. The lowest BCUT2D eigenvalue weighted by Gasteiger charge is -2.32. The minimum Gasteiger partial charge on any atom is -0.480 e. The highest BCUT2D eigenvalue weighted by Crippen LogP contribution is 2.26. The molecule has 13 amide bonds. The van der Waals surface area contributed by atoms with Crippen molar-refractivity contribution in [2.75, 3.05) is 111 Å². The predicted octanol–water partition coefficient (Wildman–Crippen LogP) is -3.05. The van der Waals surface area contributed by atoms with E-state index >= 15 is 38.4 Å². The first-order chi connectivity index (χ1) is 68.7. The Bertz CT molecular complexity index is 5970. The molecule has 760 valence electrons. The maximum atomic E-state index is 15.5. The number of hydrogen-bond acceptors (Lipinski definition) is 24. The molecule has 28 N–H and O–H groups in total. The topological polar surface area (TPSA) is 713 Å². The van der Waals surface area contributed by atoms with E-state index in [2.05, 4.69) is 83.8 Å². The number of aromatic amines is 3. The second-order valence-electron chi connectivity index (χ2n) is 34.8. The summed E-state index contributed by atoms with van der Waals surface area (Å²) in [6, 6.07) is 25.8. The van der Waals surface area contributed by atoms with Gasteiger partial charge in [-0.1, -0.05) is 133 Å². The highest BCUT2D eigenvalue weighted by atomic mass is 16.4. The van der Waals surface area contributed by atoms with E-state index in [1.54, 1.807) is 165 Å². The number of nitrogens with one attached hydrogen (secondary N) is 18. The molecule has 0 radical (unpaired) electrons. The summed E-state index contributed by atoms with van der Waals surface area (Å²) in [6.45, 7) is -2.74. The zero-order valence-corrected chi connectivity index (χ0v) is 78.4. The summed E-state index contributed by atoms with van der Waals surface area (Å²) < 4.78 is 0. The summed E-state index contributed by atoms with van der Waals surface area (Å²) in [6.07, 6.45) is 4.31. The number of benzene rings is 6. The molecular weight excluding hydrogens is 1850 g/mol. The van der Waals surface area contributed by atoms with Crippen molar-refractivity contribution in [3.63, 3.8) is 0 Å². The van der Waals surface area contributed by atoms with Gasteiger partial charge in [0.2, 0.25) is 59.1 Å². The first kappa shape index (κ1) is 107. The van der Waals surface area contributed by atoms with Crippen LogP contribution in [0.2, 0.25) is 0 Å². The summed E-state index contributed by atoms with van der Waals surface area (Å²) in [5.74, 6) is -15.0. The Morgan fingerprint density at radius 3 is 1.33 bits per heavy atom. The lowest BCUT2D eigenvalue weighted by Crippen LogP contribution is -2.62. The molecule has 143 heavy (non-hydrogen) atoms. The van der Waals surface area contributed by atoms with E-state index in [-0.39, 0.29) is 154 Å². The zero-order chi connectivity index (χ0) is 103. The molecule has 2 fully saturated rings. The van der Waals surface area contributed by atoms with Gasteiger partial charge in [0.25, 0.3) is 5.91 Å². The molecule has 0 aliphatic carbocycles. The van der Waals surface area contributed by atoms with Gasteiger partial charge >= 0.3 is 23.9 Å². The third kappa shape index (κ3) is 32.9. The number of aliphatic carboxylic acids is 3. The largest absolute Gasteiger partial charge is 0.480 e. The van der Waals surface area contributed by atoms with Gasteiger partial charge in [0.1, 0.15) is 54.4 Å². The van der Waals surface area contributed by atoms with Gasteiger partial charge in [0, 0.05) is 161 Å². The summed E-state index contributed by atoms with van der Waals surface area (Å²) in [5, 5.41) is 88.5. The van der Waals surface area contributed by atoms with Gasteiger partial charge in [-0.3, -0.25) is 108 Å².